The highest BCUT2D eigenvalue weighted by atomic mass is 27.2. The second-order valence-corrected chi connectivity index (χ2v) is 14.4. The normalized spacial score (nSPS) is 14.5. The predicted octanol–water partition coefficient (Wildman–Crippen LogP) is 11.5. The molecular formula is C30H63Al. The largest absolute Gasteiger partial charge is 0.261 e. The maximum atomic E-state index is 2.43. The van der Waals surface area contributed by atoms with Crippen molar-refractivity contribution >= 4 is 14.1 Å². The highest BCUT2D eigenvalue weighted by Gasteiger charge is 2.19. The lowest BCUT2D eigenvalue weighted by atomic mass is 9.95. The molecule has 0 saturated carbocycles. The third-order valence-electron chi connectivity index (χ3n) is 8.30. The monoisotopic (exact) mass is 450 g/mol. The van der Waals surface area contributed by atoms with Gasteiger partial charge in [0.25, 0.3) is 14.1 Å². The first-order valence-electron chi connectivity index (χ1n) is 15.1. The Morgan fingerprint density at radius 3 is 0.871 bits per heavy atom. The minimum Gasteiger partial charge on any atom is -0.0938 e. The Morgan fingerprint density at radius 1 is 0.387 bits per heavy atom. The zero-order valence-corrected chi connectivity index (χ0v) is 24.3. The van der Waals surface area contributed by atoms with Gasteiger partial charge in [-0.2, -0.15) is 0 Å². The summed E-state index contributed by atoms with van der Waals surface area (Å²) < 4.78 is 0. The number of hydrogen-bond acceptors (Lipinski definition) is 0. The molecule has 186 valence electrons. The number of unbranched alkanes of at least 4 members (excludes halogenated alkanes) is 3. The second-order valence-electron chi connectivity index (χ2n) is 10.9. The van der Waals surface area contributed by atoms with Gasteiger partial charge in [-0.15, -0.1) is 0 Å². The van der Waals surface area contributed by atoms with Crippen molar-refractivity contribution in [3.8, 4) is 0 Å². The molecular weight excluding hydrogens is 387 g/mol. The summed E-state index contributed by atoms with van der Waals surface area (Å²) in [6, 6.07) is 0. The standard InChI is InChI=1S/3C10H21.Al/c3*1-4-7-9-10(6-3)8-5-2;/h3*10H,2,4-9H2,1,3H3;. The average molecular weight is 451 g/mol. The van der Waals surface area contributed by atoms with Crippen molar-refractivity contribution in [2.24, 2.45) is 17.8 Å². The fourth-order valence-electron chi connectivity index (χ4n) is 5.65. The molecule has 0 radical (unpaired) electrons. The van der Waals surface area contributed by atoms with Gasteiger partial charge in [-0.1, -0.05) is 173 Å². The van der Waals surface area contributed by atoms with E-state index in [0.29, 0.717) is 0 Å². The Morgan fingerprint density at radius 2 is 0.645 bits per heavy atom. The molecule has 3 atom stereocenters. The van der Waals surface area contributed by atoms with Gasteiger partial charge in [0.1, 0.15) is 0 Å². The van der Waals surface area contributed by atoms with Gasteiger partial charge in [0.2, 0.25) is 0 Å². The maximum absolute atomic E-state index is 2.43. The van der Waals surface area contributed by atoms with Crippen LogP contribution in [0.15, 0.2) is 0 Å². The smallest absolute Gasteiger partial charge is 0.0938 e. The van der Waals surface area contributed by atoms with E-state index in [2.05, 4.69) is 41.5 Å². The van der Waals surface area contributed by atoms with Crippen molar-refractivity contribution in [2.45, 2.75) is 173 Å². The van der Waals surface area contributed by atoms with Gasteiger partial charge in [0.15, 0.2) is 0 Å². The SMILES string of the molecule is CCCCC(CC)CC[CH2][Al]([CH2]CCC(CC)CCCC)[CH2]CCC(CC)CCCC. The number of rotatable bonds is 24. The van der Waals surface area contributed by atoms with Crippen LogP contribution in [-0.2, 0) is 0 Å². The van der Waals surface area contributed by atoms with Crippen LogP contribution in [0.5, 0.6) is 0 Å². The Hall–Kier alpha value is 0.532. The molecule has 0 heterocycles. The van der Waals surface area contributed by atoms with Crippen molar-refractivity contribution in [3.63, 3.8) is 0 Å². The minimum atomic E-state index is -0.525. The first-order valence-corrected chi connectivity index (χ1v) is 17.6. The minimum absolute atomic E-state index is 0.525. The highest BCUT2D eigenvalue weighted by Crippen LogP contribution is 2.27. The van der Waals surface area contributed by atoms with Crippen LogP contribution in [0.2, 0.25) is 15.8 Å². The van der Waals surface area contributed by atoms with Gasteiger partial charge in [-0.05, 0) is 17.8 Å². The fraction of sp³-hybridized carbons (Fsp3) is 1.00. The van der Waals surface area contributed by atoms with Crippen LogP contribution in [-0.4, -0.2) is 14.1 Å². The van der Waals surface area contributed by atoms with Gasteiger partial charge >= 0.3 is 0 Å². The van der Waals surface area contributed by atoms with Crippen molar-refractivity contribution in [1.82, 2.24) is 0 Å². The molecule has 1 heteroatoms. The van der Waals surface area contributed by atoms with Gasteiger partial charge in [0, 0.05) is 0 Å². The van der Waals surface area contributed by atoms with Gasteiger partial charge in [-0.25, -0.2) is 0 Å². The van der Waals surface area contributed by atoms with E-state index in [1.165, 1.54) is 96.3 Å². The molecule has 0 saturated heterocycles. The molecule has 0 aromatic heterocycles. The number of hydrogen-bond donors (Lipinski definition) is 0. The van der Waals surface area contributed by atoms with E-state index < -0.39 is 14.1 Å². The molecule has 0 aromatic carbocycles. The molecule has 31 heavy (non-hydrogen) atoms. The van der Waals surface area contributed by atoms with E-state index in [9.17, 15) is 0 Å². The van der Waals surface area contributed by atoms with Gasteiger partial charge in [-0.3, -0.25) is 0 Å². The van der Waals surface area contributed by atoms with Crippen LogP contribution in [0.25, 0.3) is 0 Å². The average Bonchev–Trinajstić information content (AvgIpc) is 2.79. The molecule has 0 N–H and O–H groups in total. The Bertz CT molecular complexity index is 287. The summed E-state index contributed by atoms with van der Waals surface area (Å²) in [7, 11) is 0. The molecule has 0 bridgehead atoms. The van der Waals surface area contributed by atoms with Crippen LogP contribution in [0.1, 0.15) is 157 Å². The zero-order chi connectivity index (χ0) is 23.2. The van der Waals surface area contributed by atoms with Crippen LogP contribution in [0.4, 0.5) is 0 Å². The first kappa shape index (κ1) is 31.5. The van der Waals surface area contributed by atoms with E-state index in [-0.39, 0.29) is 0 Å². The second kappa shape index (κ2) is 23.7. The predicted molar refractivity (Wildman–Crippen MR) is 148 cm³/mol. The summed E-state index contributed by atoms with van der Waals surface area (Å²) in [6.07, 6.45) is 26.4. The molecule has 0 aliphatic heterocycles. The summed E-state index contributed by atoms with van der Waals surface area (Å²) in [4.78, 5) is 0. The third-order valence-corrected chi connectivity index (χ3v) is 12.0. The molecule has 3 unspecified atom stereocenters. The molecule has 0 nitrogen and oxygen atoms in total. The van der Waals surface area contributed by atoms with Crippen LogP contribution in [0, 0.1) is 17.8 Å². The first-order chi connectivity index (χ1) is 15.1. The van der Waals surface area contributed by atoms with Crippen molar-refractivity contribution in [2.75, 3.05) is 0 Å². The summed E-state index contributed by atoms with van der Waals surface area (Å²) in [6.45, 7) is 14.3. The summed E-state index contributed by atoms with van der Waals surface area (Å²) in [5.74, 6) is 3.06. The topological polar surface area (TPSA) is 0 Å². The van der Waals surface area contributed by atoms with Gasteiger partial charge in [0.05, 0.1) is 0 Å². The lowest BCUT2D eigenvalue weighted by Crippen LogP contribution is -2.14. The summed E-state index contributed by atoms with van der Waals surface area (Å²) in [5.41, 5.74) is 0. The lowest BCUT2D eigenvalue weighted by molar-refractivity contribution is 0.411. The van der Waals surface area contributed by atoms with Crippen LogP contribution < -0.4 is 0 Å². The van der Waals surface area contributed by atoms with Crippen molar-refractivity contribution < 1.29 is 0 Å². The molecule has 0 aliphatic carbocycles. The Balaban J connectivity index is 4.47. The zero-order valence-electron chi connectivity index (χ0n) is 23.2. The Kier molecular flexibility index (Phi) is 24.1. The van der Waals surface area contributed by atoms with E-state index in [1.807, 2.05) is 0 Å². The quantitative estimate of drug-likeness (QED) is 0.128. The van der Waals surface area contributed by atoms with E-state index in [1.54, 1.807) is 35.1 Å². The highest BCUT2D eigenvalue weighted by molar-refractivity contribution is 6.58. The molecule has 0 aromatic rings. The van der Waals surface area contributed by atoms with Crippen LogP contribution >= 0.6 is 0 Å². The van der Waals surface area contributed by atoms with E-state index in [0.717, 1.165) is 17.8 Å². The summed E-state index contributed by atoms with van der Waals surface area (Å²) >= 11 is -0.525. The van der Waals surface area contributed by atoms with Crippen LogP contribution in [0.3, 0.4) is 0 Å². The van der Waals surface area contributed by atoms with Crippen molar-refractivity contribution in [1.29, 1.82) is 0 Å². The van der Waals surface area contributed by atoms with E-state index >= 15 is 0 Å². The maximum Gasteiger partial charge on any atom is 0.261 e. The molecule has 0 rings (SSSR count). The molecule has 0 spiro atoms. The molecule has 0 amide bonds. The van der Waals surface area contributed by atoms with Crippen molar-refractivity contribution in [3.05, 3.63) is 0 Å². The van der Waals surface area contributed by atoms with E-state index in [4.69, 9.17) is 0 Å². The third kappa shape index (κ3) is 18.6. The Labute approximate surface area is 204 Å². The fourth-order valence-corrected chi connectivity index (χ4v) is 8.96. The lowest BCUT2D eigenvalue weighted by Gasteiger charge is -2.19. The van der Waals surface area contributed by atoms with Gasteiger partial charge < -0.3 is 0 Å². The molecule has 0 fully saturated rings. The summed E-state index contributed by atoms with van der Waals surface area (Å²) in [5, 5.41) is 4.96. The molecule has 0 aliphatic rings.